The van der Waals surface area contributed by atoms with E-state index >= 15 is 0 Å². The van der Waals surface area contributed by atoms with Crippen LogP contribution in [0.1, 0.15) is 30.0 Å². The predicted molar refractivity (Wildman–Crippen MR) is 82.1 cm³/mol. The molecule has 1 heterocycles. The van der Waals surface area contributed by atoms with Gasteiger partial charge in [0.1, 0.15) is 12.1 Å². The first-order chi connectivity index (χ1) is 10.8. The summed E-state index contributed by atoms with van der Waals surface area (Å²) in [6.07, 6.45) is 0. The molecule has 2 aromatic rings. The molecule has 7 nitrogen and oxygen atoms in total. The van der Waals surface area contributed by atoms with Gasteiger partial charge in [-0.15, -0.1) is 0 Å². The molecule has 0 aliphatic rings. The molecule has 1 aromatic carbocycles. The molecule has 0 aliphatic carbocycles. The standard InChI is InChI=1S/C14H12Cl2N2O5/c1-3-22-14(20)13-11(6-23-7(2)19)17-10-4-8(15)9(16)5-12(10)18(13)21/h4-5H,3,6H2,1-2H3. The first-order valence-electron chi connectivity index (χ1n) is 6.56. The second-order valence-corrected chi connectivity index (χ2v) is 5.27. The van der Waals surface area contributed by atoms with E-state index in [1.807, 2.05) is 0 Å². The van der Waals surface area contributed by atoms with Crippen LogP contribution in [0.15, 0.2) is 12.1 Å². The van der Waals surface area contributed by atoms with Crippen LogP contribution >= 0.6 is 23.2 Å². The van der Waals surface area contributed by atoms with Gasteiger partial charge in [-0.3, -0.25) is 4.79 Å². The lowest BCUT2D eigenvalue weighted by Gasteiger charge is -2.11. The van der Waals surface area contributed by atoms with Crippen LogP contribution in [-0.2, 0) is 20.9 Å². The summed E-state index contributed by atoms with van der Waals surface area (Å²) in [4.78, 5) is 27.2. The number of ether oxygens (including phenoxy) is 2. The number of halogens is 2. The fourth-order valence-corrected chi connectivity index (χ4v) is 2.20. The van der Waals surface area contributed by atoms with E-state index < -0.39 is 11.9 Å². The van der Waals surface area contributed by atoms with Crippen LogP contribution in [0.5, 0.6) is 0 Å². The van der Waals surface area contributed by atoms with E-state index in [4.69, 9.17) is 32.7 Å². The van der Waals surface area contributed by atoms with Crippen molar-refractivity contribution in [3.05, 3.63) is 38.8 Å². The normalized spacial score (nSPS) is 10.6. The fourth-order valence-electron chi connectivity index (χ4n) is 1.88. The zero-order chi connectivity index (χ0) is 17.1. The molecule has 0 radical (unpaired) electrons. The van der Waals surface area contributed by atoms with E-state index in [-0.39, 0.29) is 45.7 Å². The molecule has 1 aromatic heterocycles. The molecule has 0 bridgehead atoms. The van der Waals surface area contributed by atoms with E-state index in [0.717, 1.165) is 0 Å². The van der Waals surface area contributed by atoms with Crippen LogP contribution < -0.4 is 4.73 Å². The van der Waals surface area contributed by atoms with Crippen molar-refractivity contribution in [3.63, 3.8) is 0 Å². The van der Waals surface area contributed by atoms with Crippen molar-refractivity contribution in [1.29, 1.82) is 0 Å². The zero-order valence-corrected chi connectivity index (χ0v) is 13.8. The SMILES string of the molecule is CCOC(=O)c1c(COC(C)=O)nc2cc(Cl)c(Cl)cc2[n+]1[O-]. The molecule has 0 fully saturated rings. The molecule has 0 unspecified atom stereocenters. The highest BCUT2D eigenvalue weighted by molar-refractivity contribution is 6.42. The minimum atomic E-state index is -0.870. The molecule has 0 N–H and O–H groups in total. The van der Waals surface area contributed by atoms with Crippen LogP contribution in [0.3, 0.4) is 0 Å². The maximum Gasteiger partial charge on any atom is 0.407 e. The number of nitrogens with zero attached hydrogens (tertiary/aromatic N) is 2. The first-order valence-corrected chi connectivity index (χ1v) is 7.32. The average Bonchev–Trinajstić information content (AvgIpc) is 2.47. The second-order valence-electron chi connectivity index (χ2n) is 4.46. The average molecular weight is 359 g/mol. The van der Waals surface area contributed by atoms with Gasteiger partial charge in [0.25, 0.3) is 0 Å². The van der Waals surface area contributed by atoms with Gasteiger partial charge < -0.3 is 14.7 Å². The Morgan fingerprint density at radius 2 is 1.91 bits per heavy atom. The molecular formula is C14H12Cl2N2O5. The highest BCUT2D eigenvalue weighted by Gasteiger charge is 2.28. The minimum Gasteiger partial charge on any atom is -0.618 e. The number of esters is 2. The Morgan fingerprint density at radius 1 is 1.26 bits per heavy atom. The van der Waals surface area contributed by atoms with Gasteiger partial charge >= 0.3 is 17.6 Å². The van der Waals surface area contributed by atoms with Gasteiger partial charge in [0.15, 0.2) is 5.69 Å². The van der Waals surface area contributed by atoms with Gasteiger partial charge in [-0.1, -0.05) is 23.2 Å². The van der Waals surface area contributed by atoms with Crippen LogP contribution in [0, 0.1) is 5.21 Å². The Bertz CT molecular complexity index is 795. The zero-order valence-electron chi connectivity index (χ0n) is 12.3. The number of carbonyl (C=O) groups is 2. The summed E-state index contributed by atoms with van der Waals surface area (Å²) >= 11 is 11.8. The van der Waals surface area contributed by atoms with Crippen molar-refractivity contribution < 1.29 is 23.8 Å². The van der Waals surface area contributed by atoms with E-state index in [2.05, 4.69) is 4.98 Å². The highest BCUT2D eigenvalue weighted by Crippen LogP contribution is 2.26. The van der Waals surface area contributed by atoms with Crippen LogP contribution in [0.2, 0.25) is 10.0 Å². The van der Waals surface area contributed by atoms with Gasteiger partial charge in [0.2, 0.25) is 5.52 Å². The van der Waals surface area contributed by atoms with Crippen molar-refractivity contribution in [2.45, 2.75) is 20.5 Å². The topological polar surface area (TPSA) is 92.4 Å². The van der Waals surface area contributed by atoms with Gasteiger partial charge in [0.05, 0.1) is 16.7 Å². The number of hydrogen-bond acceptors (Lipinski definition) is 6. The van der Waals surface area contributed by atoms with E-state index in [1.54, 1.807) is 6.92 Å². The molecule has 0 saturated heterocycles. The van der Waals surface area contributed by atoms with Crippen molar-refractivity contribution in [2.75, 3.05) is 6.61 Å². The summed E-state index contributed by atoms with van der Waals surface area (Å²) in [6.45, 7) is 2.53. The van der Waals surface area contributed by atoms with Crippen molar-refractivity contribution in [2.24, 2.45) is 0 Å². The third kappa shape index (κ3) is 3.62. The van der Waals surface area contributed by atoms with Crippen molar-refractivity contribution >= 4 is 46.2 Å². The quantitative estimate of drug-likeness (QED) is 0.473. The summed E-state index contributed by atoms with van der Waals surface area (Å²) in [5.74, 6) is -1.45. The molecule has 0 atom stereocenters. The number of aromatic nitrogens is 2. The summed E-state index contributed by atoms with van der Waals surface area (Å²) in [6, 6.07) is 2.69. The van der Waals surface area contributed by atoms with Crippen molar-refractivity contribution in [3.8, 4) is 0 Å². The number of carbonyl (C=O) groups excluding carboxylic acids is 2. The van der Waals surface area contributed by atoms with Crippen LogP contribution in [0.25, 0.3) is 11.0 Å². The van der Waals surface area contributed by atoms with Gasteiger partial charge in [-0.25, -0.2) is 9.78 Å². The molecule has 0 aliphatic heterocycles. The molecular weight excluding hydrogens is 347 g/mol. The largest absolute Gasteiger partial charge is 0.618 e. The van der Waals surface area contributed by atoms with E-state index in [9.17, 15) is 14.8 Å². The summed E-state index contributed by atoms with van der Waals surface area (Å²) in [5, 5.41) is 12.9. The lowest BCUT2D eigenvalue weighted by atomic mass is 10.2. The van der Waals surface area contributed by atoms with Crippen molar-refractivity contribution in [1.82, 2.24) is 4.98 Å². The number of rotatable bonds is 4. The Kier molecular flexibility index (Phi) is 5.23. The molecule has 122 valence electrons. The summed E-state index contributed by atoms with van der Waals surface area (Å²) in [7, 11) is 0. The third-order valence-corrected chi connectivity index (χ3v) is 3.57. The van der Waals surface area contributed by atoms with Gasteiger partial charge in [0, 0.05) is 13.0 Å². The highest BCUT2D eigenvalue weighted by atomic mass is 35.5. The van der Waals surface area contributed by atoms with Crippen LogP contribution in [-0.4, -0.2) is 23.5 Å². The first kappa shape index (κ1) is 17.2. The Hall–Kier alpha value is -2.12. The van der Waals surface area contributed by atoms with E-state index in [0.29, 0.717) is 4.73 Å². The lowest BCUT2D eigenvalue weighted by Crippen LogP contribution is -2.39. The fraction of sp³-hybridized carbons (Fsp3) is 0.286. The minimum absolute atomic E-state index is 0.0282. The predicted octanol–water partition coefficient (Wildman–Crippen LogP) is 2.41. The lowest BCUT2D eigenvalue weighted by molar-refractivity contribution is -0.581. The number of benzene rings is 1. The van der Waals surface area contributed by atoms with Gasteiger partial charge in [-0.2, -0.15) is 4.73 Å². The molecule has 9 heteroatoms. The molecule has 2 rings (SSSR count). The number of hydrogen-bond donors (Lipinski definition) is 0. The van der Waals surface area contributed by atoms with Gasteiger partial charge in [-0.05, 0) is 13.0 Å². The molecule has 23 heavy (non-hydrogen) atoms. The molecule has 0 amide bonds. The smallest absolute Gasteiger partial charge is 0.407 e. The third-order valence-electron chi connectivity index (χ3n) is 2.85. The Balaban J connectivity index is 2.68. The Labute approximate surface area is 141 Å². The molecule has 0 saturated carbocycles. The maximum atomic E-state index is 12.5. The van der Waals surface area contributed by atoms with Crippen LogP contribution in [0.4, 0.5) is 0 Å². The maximum absolute atomic E-state index is 12.5. The monoisotopic (exact) mass is 358 g/mol. The molecule has 0 spiro atoms. The summed E-state index contributed by atoms with van der Waals surface area (Å²) in [5.41, 5.74) is -0.128. The second kappa shape index (κ2) is 6.97. The van der Waals surface area contributed by atoms with E-state index in [1.165, 1.54) is 19.1 Å². The summed E-state index contributed by atoms with van der Waals surface area (Å²) < 4.78 is 10.0. The number of fused-ring (bicyclic) bond motifs is 1. The Morgan fingerprint density at radius 3 is 2.52 bits per heavy atom.